The molecule has 3 rings (SSSR count). The first-order chi connectivity index (χ1) is 15.6. The monoisotopic (exact) mass is 474 g/mol. The highest BCUT2D eigenvalue weighted by Crippen LogP contribution is 2.42. The lowest BCUT2D eigenvalue weighted by atomic mass is 9.68. The molecule has 0 amide bonds. The summed E-state index contributed by atoms with van der Waals surface area (Å²) in [5.74, 6) is 0. The van der Waals surface area contributed by atoms with Crippen LogP contribution in [0.1, 0.15) is 37.5 Å². The van der Waals surface area contributed by atoms with Crippen molar-refractivity contribution in [2.24, 2.45) is 0 Å². The van der Waals surface area contributed by atoms with E-state index in [0.29, 0.717) is 5.57 Å². The van der Waals surface area contributed by atoms with Gasteiger partial charge in [0.25, 0.3) is 0 Å². The largest absolute Gasteiger partial charge is 0.412 e. The van der Waals surface area contributed by atoms with Gasteiger partial charge in [0, 0.05) is 5.57 Å². The number of hydrogen-bond acceptors (Lipinski definition) is 2. The quantitative estimate of drug-likeness (QED) is 0.159. The number of benzene rings is 3. The standard InChI is InChI=1S/C29H34O2SSi/c1-28(2,3)33(4,5)31-22-23(27(30)32)21-29(24-15-9-6-10-16-24,25-17-11-7-12-18-25)26-19-13-8-14-20-26/h6-21H,22H2,1-5H3,(H,30,32). The summed E-state index contributed by atoms with van der Waals surface area (Å²) in [6, 6.07) is 31.0. The third-order valence-corrected chi connectivity index (χ3v) is 11.5. The van der Waals surface area contributed by atoms with Gasteiger partial charge in [-0.2, -0.15) is 0 Å². The number of carbonyl (C=O) groups is 1. The molecule has 0 atom stereocenters. The van der Waals surface area contributed by atoms with Crippen molar-refractivity contribution in [3.63, 3.8) is 0 Å². The van der Waals surface area contributed by atoms with Gasteiger partial charge in [-0.1, -0.05) is 118 Å². The topological polar surface area (TPSA) is 26.3 Å². The zero-order valence-electron chi connectivity index (χ0n) is 20.2. The number of hydrogen-bond donors (Lipinski definition) is 1. The van der Waals surface area contributed by atoms with Crippen molar-refractivity contribution in [2.75, 3.05) is 6.61 Å². The maximum atomic E-state index is 12.8. The van der Waals surface area contributed by atoms with Gasteiger partial charge in [-0.05, 0) is 34.8 Å². The molecule has 0 aromatic heterocycles. The Balaban J connectivity index is 2.26. The van der Waals surface area contributed by atoms with Gasteiger partial charge in [0.1, 0.15) is 0 Å². The summed E-state index contributed by atoms with van der Waals surface area (Å²) in [4.78, 5) is 12.8. The highest BCUT2D eigenvalue weighted by Gasteiger charge is 2.39. The van der Waals surface area contributed by atoms with Gasteiger partial charge in [-0.25, -0.2) is 0 Å². The average Bonchev–Trinajstić information content (AvgIpc) is 2.80. The van der Waals surface area contributed by atoms with Gasteiger partial charge in [-0.3, -0.25) is 4.79 Å². The Hall–Kier alpha value is -2.40. The molecule has 2 nitrogen and oxygen atoms in total. The molecule has 0 unspecified atom stereocenters. The highest BCUT2D eigenvalue weighted by molar-refractivity contribution is 7.97. The minimum absolute atomic E-state index is 0.0487. The molecule has 0 heterocycles. The van der Waals surface area contributed by atoms with Gasteiger partial charge in [0.15, 0.2) is 8.32 Å². The van der Waals surface area contributed by atoms with Crippen molar-refractivity contribution in [3.8, 4) is 0 Å². The number of carbonyl (C=O) groups excluding carboxylic acids is 1. The average molecular weight is 475 g/mol. The van der Waals surface area contributed by atoms with Crippen molar-refractivity contribution < 1.29 is 9.22 Å². The Kier molecular flexibility index (Phi) is 7.83. The van der Waals surface area contributed by atoms with Crippen LogP contribution in [0.15, 0.2) is 103 Å². The van der Waals surface area contributed by atoms with E-state index in [0.717, 1.165) is 16.7 Å². The second kappa shape index (κ2) is 10.2. The summed E-state index contributed by atoms with van der Waals surface area (Å²) < 4.78 is 6.47. The molecule has 33 heavy (non-hydrogen) atoms. The molecule has 4 heteroatoms. The third-order valence-electron chi connectivity index (χ3n) is 6.75. The van der Waals surface area contributed by atoms with E-state index < -0.39 is 13.7 Å². The molecule has 0 aliphatic heterocycles. The first kappa shape index (κ1) is 25.2. The Labute approximate surface area is 205 Å². The molecule has 0 saturated carbocycles. The van der Waals surface area contributed by atoms with E-state index in [1.807, 2.05) is 54.6 Å². The van der Waals surface area contributed by atoms with Crippen LogP contribution in [-0.4, -0.2) is 20.0 Å². The van der Waals surface area contributed by atoms with Crippen molar-refractivity contribution in [1.29, 1.82) is 0 Å². The lowest BCUT2D eigenvalue weighted by molar-refractivity contribution is -0.108. The lowest BCUT2D eigenvalue weighted by Crippen LogP contribution is -2.41. The van der Waals surface area contributed by atoms with E-state index in [1.54, 1.807) is 0 Å². The van der Waals surface area contributed by atoms with Gasteiger partial charge in [0.2, 0.25) is 5.12 Å². The number of rotatable bonds is 8. The molecule has 0 spiro atoms. The Morgan fingerprint density at radius 2 is 1.15 bits per heavy atom. The number of allylic oxidation sites excluding steroid dienone is 1. The Morgan fingerprint density at radius 3 is 1.45 bits per heavy atom. The first-order valence-electron chi connectivity index (χ1n) is 11.3. The van der Waals surface area contributed by atoms with Crippen LogP contribution in [0.25, 0.3) is 0 Å². The second-order valence-electron chi connectivity index (χ2n) is 9.93. The Bertz CT molecular complexity index is 988. The van der Waals surface area contributed by atoms with Crippen LogP contribution in [0.5, 0.6) is 0 Å². The summed E-state index contributed by atoms with van der Waals surface area (Å²) in [5.41, 5.74) is 3.17. The van der Waals surface area contributed by atoms with Crippen LogP contribution in [0.2, 0.25) is 18.1 Å². The van der Waals surface area contributed by atoms with E-state index in [1.165, 1.54) is 0 Å². The molecule has 0 saturated heterocycles. The van der Waals surface area contributed by atoms with Crippen LogP contribution >= 0.6 is 12.6 Å². The predicted octanol–water partition coefficient (Wildman–Crippen LogP) is 7.43. The van der Waals surface area contributed by atoms with E-state index in [2.05, 4.69) is 89.0 Å². The maximum absolute atomic E-state index is 12.8. The molecule has 0 N–H and O–H groups in total. The molecule has 3 aromatic rings. The van der Waals surface area contributed by atoms with Gasteiger partial charge < -0.3 is 4.43 Å². The van der Waals surface area contributed by atoms with Crippen LogP contribution in [0.4, 0.5) is 0 Å². The molecule has 3 aromatic carbocycles. The highest BCUT2D eigenvalue weighted by atomic mass is 32.1. The van der Waals surface area contributed by atoms with Crippen molar-refractivity contribution in [2.45, 2.75) is 44.3 Å². The van der Waals surface area contributed by atoms with Crippen LogP contribution in [-0.2, 0) is 14.6 Å². The van der Waals surface area contributed by atoms with E-state index in [9.17, 15) is 4.79 Å². The Morgan fingerprint density at radius 1 is 0.788 bits per heavy atom. The maximum Gasteiger partial charge on any atom is 0.214 e. The SMILES string of the molecule is CC(C)(C)[Si](C)(C)OCC(=CC(c1ccccc1)(c1ccccc1)c1ccccc1)C(=O)S. The summed E-state index contributed by atoms with van der Waals surface area (Å²) in [7, 11) is -2.05. The van der Waals surface area contributed by atoms with Gasteiger partial charge >= 0.3 is 0 Å². The predicted molar refractivity (Wildman–Crippen MR) is 144 cm³/mol. The second-order valence-corrected chi connectivity index (χ2v) is 15.1. The van der Waals surface area contributed by atoms with Crippen molar-refractivity contribution >= 4 is 26.1 Å². The fourth-order valence-corrected chi connectivity index (χ4v) is 4.83. The molecule has 0 aliphatic carbocycles. The van der Waals surface area contributed by atoms with Crippen LogP contribution < -0.4 is 0 Å². The molecule has 0 fully saturated rings. The van der Waals surface area contributed by atoms with Crippen molar-refractivity contribution in [3.05, 3.63) is 119 Å². The molecule has 0 bridgehead atoms. The summed E-state index contributed by atoms with van der Waals surface area (Å²) in [6.07, 6.45) is 2.06. The minimum atomic E-state index is -2.05. The van der Waals surface area contributed by atoms with Crippen LogP contribution in [0.3, 0.4) is 0 Å². The van der Waals surface area contributed by atoms with Gasteiger partial charge in [-0.15, -0.1) is 12.6 Å². The molecular formula is C29H34O2SSi. The lowest BCUT2D eigenvalue weighted by Gasteiger charge is -2.37. The van der Waals surface area contributed by atoms with E-state index in [4.69, 9.17) is 4.43 Å². The molecule has 0 aliphatic rings. The molecule has 0 radical (unpaired) electrons. The number of thiol groups is 1. The minimum Gasteiger partial charge on any atom is -0.412 e. The third kappa shape index (κ3) is 5.57. The van der Waals surface area contributed by atoms with Gasteiger partial charge in [0.05, 0.1) is 12.0 Å². The van der Waals surface area contributed by atoms with E-state index in [-0.39, 0.29) is 16.8 Å². The van der Waals surface area contributed by atoms with Crippen molar-refractivity contribution in [1.82, 2.24) is 0 Å². The fraction of sp³-hybridized carbons (Fsp3) is 0.276. The fourth-order valence-electron chi connectivity index (χ4n) is 3.75. The van der Waals surface area contributed by atoms with E-state index >= 15 is 0 Å². The smallest absolute Gasteiger partial charge is 0.214 e. The summed E-state index contributed by atoms with van der Waals surface area (Å²) >= 11 is 4.27. The molecular weight excluding hydrogens is 440 g/mol. The normalized spacial score (nSPS) is 13.1. The zero-order valence-corrected chi connectivity index (χ0v) is 22.1. The summed E-state index contributed by atoms with van der Waals surface area (Å²) in [6.45, 7) is 11.2. The molecule has 172 valence electrons. The first-order valence-corrected chi connectivity index (χ1v) is 14.7. The zero-order chi connectivity index (χ0) is 24.1. The summed E-state index contributed by atoms with van der Waals surface area (Å²) in [5, 5.41) is -0.214. The van der Waals surface area contributed by atoms with Crippen LogP contribution in [0, 0.1) is 0 Å².